The predicted molar refractivity (Wildman–Crippen MR) is 75.4 cm³/mol. The molecular weight excluding hydrogens is 314 g/mol. The van der Waals surface area contributed by atoms with Crippen molar-refractivity contribution < 1.29 is 27.0 Å². The number of likely N-dealkylation sites (N-methyl/N-ethyl adjacent to an activating group) is 1. The van der Waals surface area contributed by atoms with Crippen molar-refractivity contribution in [3.05, 3.63) is 53.1 Å². The van der Waals surface area contributed by atoms with E-state index in [4.69, 9.17) is 0 Å². The fourth-order valence-corrected chi connectivity index (χ4v) is 3.78. The Balaban J connectivity index is 0.00000121. The number of phenolic OH excluding ortho intramolecular Hbond substituents is 1. The van der Waals surface area contributed by atoms with E-state index in [2.05, 4.69) is 31.3 Å². The Morgan fingerprint density at radius 1 is 1.10 bits per heavy atom. The van der Waals surface area contributed by atoms with Crippen molar-refractivity contribution in [3.63, 3.8) is 0 Å². The van der Waals surface area contributed by atoms with Crippen molar-refractivity contribution in [3.8, 4) is 16.9 Å². The van der Waals surface area contributed by atoms with Gasteiger partial charge in [0.25, 0.3) is 0 Å². The molecule has 1 unspecified atom stereocenters. The van der Waals surface area contributed by atoms with Gasteiger partial charge in [0.2, 0.25) is 0 Å². The van der Waals surface area contributed by atoms with Crippen LogP contribution in [0.15, 0.2) is 36.4 Å². The van der Waals surface area contributed by atoms with Crippen LogP contribution in [-0.4, -0.2) is 18.7 Å². The molecule has 2 N–H and O–H groups in total. The normalized spacial score (nSPS) is 22.4. The summed E-state index contributed by atoms with van der Waals surface area (Å²) in [6, 6.07) is 13.0. The standard InChI is InChI=1S/C17H17NO.BrH/c1-18-9-8-11-4-2-6-13-16(11)14(18)10-12-5-3-7-15(19)17(12)13;/h2-7,14,19H,8-10H2,1H3;1H/t14-;/m1./s1. The summed E-state index contributed by atoms with van der Waals surface area (Å²) in [5.41, 5.74) is 6.55. The lowest BCUT2D eigenvalue weighted by atomic mass is 9.77. The molecule has 0 amide bonds. The molecule has 104 valence electrons. The van der Waals surface area contributed by atoms with Crippen LogP contribution in [0.2, 0.25) is 0 Å². The highest BCUT2D eigenvalue weighted by Gasteiger charge is 2.36. The maximum absolute atomic E-state index is 10.2. The van der Waals surface area contributed by atoms with Crippen molar-refractivity contribution in [2.45, 2.75) is 18.9 Å². The molecule has 2 nitrogen and oxygen atoms in total. The third kappa shape index (κ3) is 1.80. The van der Waals surface area contributed by atoms with Crippen molar-refractivity contribution in [1.29, 1.82) is 0 Å². The number of phenols is 1. The van der Waals surface area contributed by atoms with Gasteiger partial charge in [0.15, 0.2) is 0 Å². The fraction of sp³-hybridized carbons (Fsp3) is 0.294. The topological polar surface area (TPSA) is 24.7 Å². The average Bonchev–Trinajstić information content (AvgIpc) is 2.43. The third-order valence-electron chi connectivity index (χ3n) is 4.75. The molecule has 1 heterocycles. The van der Waals surface area contributed by atoms with Crippen LogP contribution in [0.3, 0.4) is 0 Å². The molecule has 0 fully saturated rings. The Kier molecular flexibility index (Phi) is 3.35. The summed E-state index contributed by atoms with van der Waals surface area (Å²) in [5.74, 6) is 0.424. The van der Waals surface area contributed by atoms with Gasteiger partial charge in [-0.25, -0.2) is 0 Å². The molecule has 0 spiro atoms. The van der Waals surface area contributed by atoms with Gasteiger partial charge in [0, 0.05) is 24.0 Å². The zero-order valence-corrected chi connectivity index (χ0v) is 13.1. The monoisotopic (exact) mass is 331 g/mol. The van der Waals surface area contributed by atoms with Gasteiger partial charge in [-0.05, 0) is 22.8 Å². The first-order valence-electron chi connectivity index (χ1n) is 7.01. The van der Waals surface area contributed by atoms with Gasteiger partial charge in [0.1, 0.15) is 11.8 Å². The Bertz CT molecular complexity index is 668. The molecule has 1 aliphatic heterocycles. The lowest BCUT2D eigenvalue weighted by Gasteiger charge is -2.37. The van der Waals surface area contributed by atoms with Crippen LogP contribution in [0.1, 0.15) is 22.7 Å². The predicted octanol–water partition coefficient (Wildman–Crippen LogP) is -1.27. The number of aromatic hydroxyl groups is 1. The minimum Gasteiger partial charge on any atom is -1.00 e. The molecule has 20 heavy (non-hydrogen) atoms. The molecule has 4 rings (SSSR count). The second-order valence-electron chi connectivity index (χ2n) is 5.79. The quantitative estimate of drug-likeness (QED) is 0.618. The minimum absolute atomic E-state index is 0. The van der Waals surface area contributed by atoms with Crippen molar-refractivity contribution in [2.24, 2.45) is 0 Å². The Morgan fingerprint density at radius 3 is 2.70 bits per heavy atom. The number of benzene rings is 2. The van der Waals surface area contributed by atoms with Gasteiger partial charge in [0.05, 0.1) is 13.6 Å². The highest BCUT2D eigenvalue weighted by molar-refractivity contribution is 5.79. The lowest BCUT2D eigenvalue weighted by Crippen LogP contribution is -3.10. The maximum Gasteiger partial charge on any atom is 0.123 e. The summed E-state index contributed by atoms with van der Waals surface area (Å²) in [5, 5.41) is 10.2. The number of quaternary nitrogens is 1. The molecule has 2 aromatic carbocycles. The molecule has 3 heteroatoms. The first-order chi connectivity index (χ1) is 9.25. The van der Waals surface area contributed by atoms with E-state index in [1.807, 2.05) is 6.07 Å². The van der Waals surface area contributed by atoms with Gasteiger partial charge in [-0.3, -0.25) is 0 Å². The lowest BCUT2D eigenvalue weighted by molar-refractivity contribution is -0.914. The van der Waals surface area contributed by atoms with Crippen LogP contribution in [0.4, 0.5) is 0 Å². The smallest absolute Gasteiger partial charge is 0.123 e. The van der Waals surface area contributed by atoms with Crippen LogP contribution >= 0.6 is 0 Å². The first-order valence-corrected chi connectivity index (χ1v) is 7.01. The van der Waals surface area contributed by atoms with Gasteiger partial charge >= 0.3 is 0 Å². The number of rotatable bonds is 0. The van der Waals surface area contributed by atoms with E-state index < -0.39 is 0 Å². The van der Waals surface area contributed by atoms with E-state index >= 15 is 0 Å². The van der Waals surface area contributed by atoms with Gasteiger partial charge in [-0.2, -0.15) is 0 Å². The minimum atomic E-state index is 0. The molecule has 0 radical (unpaired) electrons. The Morgan fingerprint density at radius 2 is 1.85 bits per heavy atom. The highest BCUT2D eigenvalue weighted by atomic mass is 79.9. The Hall–Kier alpha value is -1.32. The van der Waals surface area contributed by atoms with E-state index in [1.165, 1.54) is 28.8 Å². The van der Waals surface area contributed by atoms with E-state index in [1.54, 1.807) is 11.0 Å². The summed E-state index contributed by atoms with van der Waals surface area (Å²) < 4.78 is 0. The number of nitrogens with one attached hydrogen (secondary N) is 1. The van der Waals surface area contributed by atoms with Gasteiger partial charge in [-0.15, -0.1) is 0 Å². The summed E-state index contributed by atoms with van der Waals surface area (Å²) in [7, 11) is 2.29. The van der Waals surface area contributed by atoms with Crippen molar-refractivity contribution in [1.82, 2.24) is 0 Å². The van der Waals surface area contributed by atoms with Crippen molar-refractivity contribution >= 4 is 0 Å². The van der Waals surface area contributed by atoms with Crippen LogP contribution in [0.5, 0.6) is 5.75 Å². The second-order valence-corrected chi connectivity index (χ2v) is 5.79. The maximum atomic E-state index is 10.2. The number of fused-ring (bicyclic) bond motifs is 2. The van der Waals surface area contributed by atoms with E-state index in [0.717, 1.165) is 18.4 Å². The molecule has 2 aliphatic rings. The molecule has 0 saturated carbocycles. The van der Waals surface area contributed by atoms with E-state index in [9.17, 15) is 5.11 Å². The first kappa shape index (κ1) is 13.7. The number of halogens is 1. The molecule has 0 bridgehead atoms. The Labute approximate surface area is 129 Å². The summed E-state index contributed by atoms with van der Waals surface area (Å²) in [6.07, 6.45) is 2.19. The number of hydrogen-bond acceptors (Lipinski definition) is 1. The van der Waals surface area contributed by atoms with Gasteiger partial charge in [-0.1, -0.05) is 30.3 Å². The summed E-state index contributed by atoms with van der Waals surface area (Å²) in [6.45, 7) is 1.20. The van der Waals surface area contributed by atoms with E-state index in [0.29, 0.717) is 11.8 Å². The van der Waals surface area contributed by atoms with Crippen LogP contribution in [-0.2, 0) is 12.8 Å². The molecular formula is C17H18BrNO. The van der Waals surface area contributed by atoms with Crippen LogP contribution < -0.4 is 21.9 Å². The SMILES string of the molecule is C[NH+]1CCc2cccc3c2[C@H]1Cc1cccc(O)c1-3.[Br-]. The molecule has 2 atom stereocenters. The average molecular weight is 332 g/mol. The largest absolute Gasteiger partial charge is 1.00 e. The van der Waals surface area contributed by atoms with Crippen molar-refractivity contribution in [2.75, 3.05) is 13.6 Å². The fourth-order valence-electron chi connectivity index (χ4n) is 3.78. The number of hydrogen-bond donors (Lipinski definition) is 2. The molecule has 0 saturated heterocycles. The van der Waals surface area contributed by atoms with E-state index in [-0.39, 0.29) is 17.0 Å². The van der Waals surface area contributed by atoms with Crippen LogP contribution in [0.25, 0.3) is 11.1 Å². The summed E-state index contributed by atoms with van der Waals surface area (Å²) >= 11 is 0. The molecule has 2 aromatic rings. The highest BCUT2D eigenvalue weighted by Crippen LogP contribution is 2.44. The molecule has 1 aliphatic carbocycles. The molecule has 0 aromatic heterocycles. The van der Waals surface area contributed by atoms with Crippen LogP contribution in [0, 0.1) is 0 Å². The zero-order valence-electron chi connectivity index (χ0n) is 11.5. The second kappa shape index (κ2) is 4.90. The zero-order chi connectivity index (χ0) is 13.0. The third-order valence-corrected chi connectivity index (χ3v) is 4.75. The summed E-state index contributed by atoms with van der Waals surface area (Å²) in [4.78, 5) is 1.59. The van der Waals surface area contributed by atoms with Gasteiger partial charge < -0.3 is 27.0 Å².